The lowest BCUT2D eigenvalue weighted by atomic mass is 10.00. The SMILES string of the molecule is O=c1[nH]c(CCC(F)(F)F)nc(O)c1C1CCCC1. The van der Waals surface area contributed by atoms with E-state index in [-0.39, 0.29) is 17.3 Å². The van der Waals surface area contributed by atoms with Gasteiger partial charge in [0.05, 0.1) is 12.0 Å². The van der Waals surface area contributed by atoms with E-state index >= 15 is 0 Å². The third kappa shape index (κ3) is 3.48. The minimum Gasteiger partial charge on any atom is -0.493 e. The first kappa shape index (κ1) is 13.9. The van der Waals surface area contributed by atoms with E-state index in [2.05, 4.69) is 9.97 Å². The van der Waals surface area contributed by atoms with Gasteiger partial charge in [0, 0.05) is 6.42 Å². The number of alkyl halides is 3. The molecular weight excluding hydrogens is 261 g/mol. The number of aryl methyl sites for hydroxylation is 1. The molecule has 0 bridgehead atoms. The average Bonchev–Trinajstić information content (AvgIpc) is 2.78. The molecular formula is C12H15F3N2O2. The van der Waals surface area contributed by atoms with Crippen molar-refractivity contribution in [3.8, 4) is 5.88 Å². The van der Waals surface area contributed by atoms with Gasteiger partial charge in [0.25, 0.3) is 5.56 Å². The van der Waals surface area contributed by atoms with Crippen molar-refractivity contribution in [2.24, 2.45) is 0 Å². The second kappa shape index (κ2) is 5.22. The molecule has 1 aromatic heterocycles. The maximum atomic E-state index is 12.1. The first-order valence-electron chi connectivity index (χ1n) is 6.25. The van der Waals surface area contributed by atoms with Gasteiger partial charge < -0.3 is 10.1 Å². The Hall–Kier alpha value is -1.53. The van der Waals surface area contributed by atoms with Crippen molar-refractivity contribution in [1.29, 1.82) is 0 Å². The minimum absolute atomic E-state index is 0.0343. The van der Waals surface area contributed by atoms with Gasteiger partial charge in [-0.15, -0.1) is 0 Å². The Morgan fingerprint density at radius 3 is 2.47 bits per heavy atom. The predicted molar refractivity (Wildman–Crippen MR) is 62.1 cm³/mol. The van der Waals surface area contributed by atoms with Gasteiger partial charge in [0.15, 0.2) is 0 Å². The van der Waals surface area contributed by atoms with E-state index in [1.807, 2.05) is 0 Å². The zero-order chi connectivity index (χ0) is 14.0. The molecule has 0 aromatic carbocycles. The van der Waals surface area contributed by atoms with Crippen LogP contribution < -0.4 is 5.56 Å². The molecule has 0 radical (unpaired) electrons. The summed E-state index contributed by atoms with van der Waals surface area (Å²) in [6, 6.07) is 0. The van der Waals surface area contributed by atoms with Crippen molar-refractivity contribution < 1.29 is 18.3 Å². The number of nitrogens with one attached hydrogen (secondary N) is 1. The number of H-pyrrole nitrogens is 1. The van der Waals surface area contributed by atoms with Gasteiger partial charge >= 0.3 is 6.18 Å². The zero-order valence-corrected chi connectivity index (χ0v) is 10.3. The molecule has 0 unspecified atom stereocenters. The number of nitrogens with zero attached hydrogens (tertiary/aromatic N) is 1. The van der Waals surface area contributed by atoms with Crippen LogP contribution in [0, 0.1) is 0 Å². The lowest BCUT2D eigenvalue weighted by Crippen LogP contribution is -2.20. The highest BCUT2D eigenvalue weighted by Crippen LogP contribution is 2.35. The molecule has 0 aliphatic heterocycles. The largest absolute Gasteiger partial charge is 0.493 e. The van der Waals surface area contributed by atoms with E-state index < -0.39 is 30.5 Å². The fourth-order valence-corrected chi connectivity index (χ4v) is 2.48. The maximum absolute atomic E-state index is 12.1. The van der Waals surface area contributed by atoms with E-state index in [1.165, 1.54) is 0 Å². The number of aromatic nitrogens is 2. The average molecular weight is 276 g/mol. The quantitative estimate of drug-likeness (QED) is 0.891. The van der Waals surface area contributed by atoms with Gasteiger partial charge in [-0.2, -0.15) is 13.2 Å². The van der Waals surface area contributed by atoms with Gasteiger partial charge in [0.1, 0.15) is 5.82 Å². The second-order valence-corrected chi connectivity index (χ2v) is 4.85. The summed E-state index contributed by atoms with van der Waals surface area (Å²) in [5, 5.41) is 9.75. The lowest BCUT2D eigenvalue weighted by molar-refractivity contribution is -0.134. The summed E-state index contributed by atoms with van der Waals surface area (Å²) in [6.07, 6.45) is -2.23. The van der Waals surface area contributed by atoms with Crippen molar-refractivity contribution in [3.05, 3.63) is 21.7 Å². The molecule has 1 aliphatic rings. The predicted octanol–water partition coefficient (Wildman–Crippen LogP) is 2.63. The summed E-state index contributed by atoms with van der Waals surface area (Å²) in [5.74, 6) is -0.581. The Bertz CT molecular complexity index is 505. The Labute approximate surface area is 107 Å². The molecule has 0 amide bonds. The molecule has 1 fully saturated rings. The summed E-state index contributed by atoms with van der Waals surface area (Å²) in [7, 11) is 0. The van der Waals surface area contributed by atoms with Gasteiger partial charge in [-0.25, -0.2) is 4.98 Å². The number of halogens is 3. The summed E-state index contributed by atoms with van der Waals surface area (Å²) in [5.41, 5.74) is -0.301. The smallest absolute Gasteiger partial charge is 0.389 e. The third-order valence-electron chi connectivity index (χ3n) is 3.39. The van der Waals surface area contributed by atoms with Gasteiger partial charge in [-0.1, -0.05) is 12.8 Å². The number of aromatic hydroxyl groups is 1. The van der Waals surface area contributed by atoms with Crippen LogP contribution in [0.5, 0.6) is 5.88 Å². The molecule has 7 heteroatoms. The monoisotopic (exact) mass is 276 g/mol. The normalized spacial score (nSPS) is 17.0. The number of hydrogen-bond acceptors (Lipinski definition) is 3. The van der Waals surface area contributed by atoms with Crippen LogP contribution in [-0.2, 0) is 6.42 Å². The fourth-order valence-electron chi connectivity index (χ4n) is 2.48. The molecule has 0 atom stereocenters. The van der Waals surface area contributed by atoms with Crippen molar-refractivity contribution in [3.63, 3.8) is 0 Å². The Morgan fingerprint density at radius 1 is 1.32 bits per heavy atom. The third-order valence-corrected chi connectivity index (χ3v) is 3.39. The molecule has 1 aromatic rings. The molecule has 1 heterocycles. The van der Waals surface area contributed by atoms with E-state index in [0.29, 0.717) is 0 Å². The molecule has 0 spiro atoms. The molecule has 19 heavy (non-hydrogen) atoms. The zero-order valence-electron chi connectivity index (χ0n) is 10.3. The topological polar surface area (TPSA) is 66.0 Å². The van der Waals surface area contributed by atoms with Gasteiger partial charge in [-0.05, 0) is 18.8 Å². The van der Waals surface area contributed by atoms with Crippen LogP contribution in [0.25, 0.3) is 0 Å². The molecule has 1 saturated carbocycles. The van der Waals surface area contributed by atoms with Crippen LogP contribution in [0.3, 0.4) is 0 Å². The summed E-state index contributed by atoms with van der Waals surface area (Å²) < 4.78 is 36.3. The van der Waals surface area contributed by atoms with Crippen molar-refractivity contribution >= 4 is 0 Å². The van der Waals surface area contributed by atoms with Crippen molar-refractivity contribution in [1.82, 2.24) is 9.97 Å². The highest BCUT2D eigenvalue weighted by molar-refractivity contribution is 5.27. The molecule has 1 aliphatic carbocycles. The van der Waals surface area contributed by atoms with E-state index in [4.69, 9.17) is 0 Å². The van der Waals surface area contributed by atoms with E-state index in [9.17, 15) is 23.1 Å². The number of aromatic amines is 1. The number of rotatable bonds is 3. The van der Waals surface area contributed by atoms with E-state index in [0.717, 1.165) is 25.7 Å². The molecule has 2 N–H and O–H groups in total. The van der Waals surface area contributed by atoms with Gasteiger partial charge in [-0.3, -0.25) is 4.79 Å². The van der Waals surface area contributed by atoms with Crippen LogP contribution in [0.15, 0.2) is 4.79 Å². The van der Waals surface area contributed by atoms with Crippen LogP contribution in [0.2, 0.25) is 0 Å². The Balaban J connectivity index is 2.19. The second-order valence-electron chi connectivity index (χ2n) is 4.85. The summed E-state index contributed by atoms with van der Waals surface area (Å²) >= 11 is 0. The summed E-state index contributed by atoms with van der Waals surface area (Å²) in [4.78, 5) is 17.9. The molecule has 106 valence electrons. The van der Waals surface area contributed by atoms with Crippen LogP contribution >= 0.6 is 0 Å². The standard InChI is InChI=1S/C12H15F3N2O2/c13-12(14,15)6-5-8-16-10(18)9(11(19)17-8)7-3-1-2-4-7/h7H,1-6H2,(H2,16,17,18,19). The highest BCUT2D eigenvalue weighted by atomic mass is 19.4. The maximum Gasteiger partial charge on any atom is 0.389 e. The van der Waals surface area contributed by atoms with Gasteiger partial charge in [0.2, 0.25) is 5.88 Å². The minimum atomic E-state index is -4.31. The Morgan fingerprint density at radius 2 is 1.95 bits per heavy atom. The van der Waals surface area contributed by atoms with Crippen LogP contribution in [0.4, 0.5) is 13.2 Å². The first-order valence-corrected chi connectivity index (χ1v) is 6.25. The van der Waals surface area contributed by atoms with E-state index in [1.54, 1.807) is 0 Å². The van der Waals surface area contributed by atoms with Crippen LogP contribution in [0.1, 0.15) is 49.4 Å². The van der Waals surface area contributed by atoms with Crippen molar-refractivity contribution in [2.45, 2.75) is 50.6 Å². The van der Waals surface area contributed by atoms with Crippen LogP contribution in [-0.4, -0.2) is 21.3 Å². The molecule has 2 rings (SSSR count). The van der Waals surface area contributed by atoms with Crippen molar-refractivity contribution in [2.75, 3.05) is 0 Å². The number of hydrogen-bond donors (Lipinski definition) is 2. The lowest BCUT2D eigenvalue weighted by Gasteiger charge is -2.11. The summed E-state index contributed by atoms with van der Waals surface area (Å²) in [6.45, 7) is 0. The first-order chi connectivity index (χ1) is 8.87. The highest BCUT2D eigenvalue weighted by Gasteiger charge is 2.28. The molecule has 4 nitrogen and oxygen atoms in total. The fraction of sp³-hybridized carbons (Fsp3) is 0.667. The molecule has 0 saturated heterocycles. The Kier molecular flexibility index (Phi) is 3.82.